The first-order valence-electron chi connectivity index (χ1n) is 9.71. The number of thiazole rings is 1. The van der Waals surface area contributed by atoms with E-state index >= 15 is 0 Å². The van der Waals surface area contributed by atoms with Gasteiger partial charge < -0.3 is 15.5 Å². The van der Waals surface area contributed by atoms with Gasteiger partial charge in [-0.15, -0.1) is 35.3 Å². The number of halogens is 1. The van der Waals surface area contributed by atoms with E-state index in [-0.39, 0.29) is 29.9 Å². The summed E-state index contributed by atoms with van der Waals surface area (Å²) >= 11 is 1.74. The molecule has 8 heteroatoms. The molecule has 1 aliphatic rings. The Labute approximate surface area is 184 Å². The number of carbonyl (C=O) groups excluding carboxylic acids is 1. The molecular formula is C19H34IN5OS. The summed E-state index contributed by atoms with van der Waals surface area (Å²) in [7, 11) is 1.71. The smallest absolute Gasteiger partial charge is 0.220 e. The van der Waals surface area contributed by atoms with E-state index in [0.717, 1.165) is 57.1 Å². The normalized spacial score (nSPS) is 15.6. The Morgan fingerprint density at radius 2 is 2.11 bits per heavy atom. The van der Waals surface area contributed by atoms with Crippen molar-refractivity contribution in [2.24, 2.45) is 10.9 Å². The van der Waals surface area contributed by atoms with E-state index in [4.69, 9.17) is 4.99 Å². The van der Waals surface area contributed by atoms with Gasteiger partial charge in [0.2, 0.25) is 5.91 Å². The van der Waals surface area contributed by atoms with E-state index in [1.54, 1.807) is 18.4 Å². The van der Waals surface area contributed by atoms with E-state index < -0.39 is 0 Å². The number of nitrogens with one attached hydrogen (secondary N) is 2. The molecule has 0 saturated carbocycles. The third-order valence-corrected chi connectivity index (χ3v) is 5.89. The highest BCUT2D eigenvalue weighted by Gasteiger charge is 2.23. The first-order chi connectivity index (χ1) is 12.5. The van der Waals surface area contributed by atoms with Crippen LogP contribution in [-0.2, 0) is 11.2 Å². The van der Waals surface area contributed by atoms with E-state index in [1.165, 1.54) is 5.01 Å². The van der Waals surface area contributed by atoms with Crippen LogP contribution in [0.3, 0.4) is 0 Å². The molecule has 2 heterocycles. The Morgan fingerprint density at radius 1 is 1.41 bits per heavy atom. The van der Waals surface area contributed by atoms with Crippen LogP contribution in [0.5, 0.6) is 0 Å². The average molecular weight is 507 g/mol. The van der Waals surface area contributed by atoms with Gasteiger partial charge in [-0.3, -0.25) is 9.79 Å². The van der Waals surface area contributed by atoms with Crippen molar-refractivity contribution in [2.45, 2.75) is 52.4 Å². The second kappa shape index (κ2) is 12.5. The monoisotopic (exact) mass is 507 g/mol. The lowest BCUT2D eigenvalue weighted by Crippen LogP contribution is -2.46. The number of guanidine groups is 1. The van der Waals surface area contributed by atoms with Gasteiger partial charge in [-0.25, -0.2) is 4.98 Å². The molecule has 0 atom stereocenters. The Hall–Kier alpha value is -0.900. The Balaban J connectivity index is 0.00000364. The van der Waals surface area contributed by atoms with Gasteiger partial charge in [0.1, 0.15) is 0 Å². The lowest BCUT2D eigenvalue weighted by atomic mass is 9.93. The third kappa shape index (κ3) is 7.93. The van der Waals surface area contributed by atoms with E-state index in [2.05, 4.69) is 46.7 Å². The summed E-state index contributed by atoms with van der Waals surface area (Å²) in [5.74, 6) is 2.11. The zero-order valence-electron chi connectivity index (χ0n) is 17.0. The van der Waals surface area contributed by atoms with E-state index in [0.29, 0.717) is 18.3 Å². The Bertz CT molecular complexity index is 597. The summed E-state index contributed by atoms with van der Waals surface area (Å²) in [5.41, 5.74) is 1.14. The van der Waals surface area contributed by atoms with Crippen molar-refractivity contribution in [1.29, 1.82) is 0 Å². The minimum absolute atomic E-state index is 0. The molecule has 27 heavy (non-hydrogen) atoms. The maximum Gasteiger partial charge on any atom is 0.220 e. The summed E-state index contributed by atoms with van der Waals surface area (Å²) in [6, 6.07) is 0. The summed E-state index contributed by atoms with van der Waals surface area (Å²) < 4.78 is 0. The highest BCUT2D eigenvalue weighted by Crippen LogP contribution is 2.21. The fourth-order valence-electron chi connectivity index (χ4n) is 3.12. The molecule has 2 N–H and O–H groups in total. The summed E-state index contributed by atoms with van der Waals surface area (Å²) in [6.07, 6.45) is 3.61. The fourth-order valence-corrected chi connectivity index (χ4v) is 3.99. The van der Waals surface area contributed by atoms with Crippen molar-refractivity contribution in [3.8, 4) is 0 Å². The Kier molecular flexibility index (Phi) is 11.2. The van der Waals surface area contributed by atoms with Gasteiger partial charge in [0.25, 0.3) is 0 Å². The van der Waals surface area contributed by atoms with Gasteiger partial charge in [-0.1, -0.05) is 13.8 Å². The highest BCUT2D eigenvalue weighted by molar-refractivity contribution is 14.0. The molecule has 0 spiro atoms. The molecule has 0 aromatic carbocycles. The molecule has 0 radical (unpaired) electrons. The molecule has 1 aromatic heterocycles. The molecule has 0 bridgehead atoms. The minimum atomic E-state index is 0. The van der Waals surface area contributed by atoms with Crippen molar-refractivity contribution in [3.63, 3.8) is 0 Å². The molecule has 1 aromatic rings. The van der Waals surface area contributed by atoms with E-state index in [1.807, 2.05) is 0 Å². The number of aromatic nitrogens is 1. The minimum Gasteiger partial charge on any atom is -0.359 e. The predicted octanol–water partition coefficient (Wildman–Crippen LogP) is 3.24. The number of aliphatic imine (C=N–C) groups is 1. The van der Waals surface area contributed by atoms with Crippen molar-refractivity contribution < 1.29 is 4.79 Å². The van der Waals surface area contributed by atoms with Crippen LogP contribution >= 0.6 is 35.3 Å². The van der Waals surface area contributed by atoms with Gasteiger partial charge in [-0.2, -0.15) is 0 Å². The molecule has 1 saturated heterocycles. The number of piperidine rings is 1. The summed E-state index contributed by atoms with van der Waals surface area (Å²) in [4.78, 5) is 23.4. The number of rotatable bonds is 7. The van der Waals surface area contributed by atoms with Crippen LogP contribution < -0.4 is 10.6 Å². The Morgan fingerprint density at radius 3 is 2.67 bits per heavy atom. The summed E-state index contributed by atoms with van der Waals surface area (Å²) in [6.45, 7) is 10.00. The predicted molar refractivity (Wildman–Crippen MR) is 124 cm³/mol. The number of nitrogens with zero attached hydrogens (tertiary/aromatic N) is 3. The molecule has 154 valence electrons. The van der Waals surface area contributed by atoms with Gasteiger partial charge in [-0.05, 0) is 25.7 Å². The van der Waals surface area contributed by atoms with Crippen LogP contribution in [0, 0.1) is 5.92 Å². The van der Waals surface area contributed by atoms with Crippen LogP contribution in [0.1, 0.15) is 56.7 Å². The topological polar surface area (TPSA) is 69.6 Å². The molecule has 6 nitrogen and oxygen atoms in total. The number of likely N-dealkylation sites (tertiary alicyclic amines) is 1. The van der Waals surface area contributed by atoms with E-state index in [9.17, 15) is 4.79 Å². The van der Waals surface area contributed by atoms with Crippen molar-refractivity contribution in [3.05, 3.63) is 16.1 Å². The first kappa shape index (κ1) is 24.1. The van der Waals surface area contributed by atoms with Crippen molar-refractivity contribution in [2.75, 3.05) is 33.2 Å². The second-order valence-electron chi connectivity index (χ2n) is 7.13. The van der Waals surface area contributed by atoms with Gasteiger partial charge in [0, 0.05) is 57.4 Å². The first-order valence-corrected chi connectivity index (χ1v) is 10.6. The molecule has 1 amide bonds. The molecule has 2 rings (SSSR count). The van der Waals surface area contributed by atoms with Crippen molar-refractivity contribution in [1.82, 2.24) is 20.5 Å². The number of hydrogen-bond donors (Lipinski definition) is 2. The maximum atomic E-state index is 11.6. The maximum absolute atomic E-state index is 11.6. The number of carbonyl (C=O) groups is 1. The van der Waals surface area contributed by atoms with Gasteiger partial charge in [0.05, 0.1) is 10.7 Å². The van der Waals surface area contributed by atoms with Crippen LogP contribution in [-0.4, -0.2) is 55.0 Å². The molecule has 1 fully saturated rings. The fraction of sp³-hybridized carbons (Fsp3) is 0.737. The van der Waals surface area contributed by atoms with Crippen LogP contribution in [0.25, 0.3) is 0 Å². The molecule has 0 unspecified atom stereocenters. The highest BCUT2D eigenvalue weighted by atomic mass is 127. The van der Waals surface area contributed by atoms with Gasteiger partial charge >= 0.3 is 0 Å². The third-order valence-electron chi connectivity index (χ3n) is 4.69. The molecular weight excluding hydrogens is 473 g/mol. The van der Waals surface area contributed by atoms with Gasteiger partial charge in [0.15, 0.2) is 5.96 Å². The zero-order valence-corrected chi connectivity index (χ0v) is 20.1. The lowest BCUT2D eigenvalue weighted by molar-refractivity contribution is -0.121. The summed E-state index contributed by atoms with van der Waals surface area (Å²) in [5, 5.41) is 9.49. The standard InChI is InChI=1S/C19H33N5OS.HI/c1-5-21-19(22-9-6-16-13-26-18(23-16)14(2)3)24-10-7-15(8-11-24)12-17(25)20-4;/h13-15H,5-12H2,1-4H3,(H,20,25)(H,21,22);1H. The molecule has 1 aliphatic heterocycles. The second-order valence-corrected chi connectivity index (χ2v) is 8.01. The lowest BCUT2D eigenvalue weighted by Gasteiger charge is -2.34. The number of hydrogen-bond acceptors (Lipinski definition) is 4. The van der Waals surface area contributed by atoms with Crippen LogP contribution in [0.2, 0.25) is 0 Å². The van der Waals surface area contributed by atoms with Crippen LogP contribution in [0.4, 0.5) is 0 Å². The quantitative estimate of drug-likeness (QED) is 0.338. The average Bonchev–Trinajstić information content (AvgIpc) is 3.11. The molecule has 0 aliphatic carbocycles. The SMILES string of the molecule is CCNC(=NCCc1csc(C(C)C)n1)N1CCC(CC(=O)NC)CC1.I. The van der Waals surface area contributed by atoms with Crippen LogP contribution in [0.15, 0.2) is 10.4 Å². The largest absolute Gasteiger partial charge is 0.359 e. The van der Waals surface area contributed by atoms with Crippen molar-refractivity contribution >= 4 is 47.2 Å². The number of amides is 1. The zero-order chi connectivity index (χ0) is 18.9.